The van der Waals surface area contributed by atoms with Crippen molar-refractivity contribution >= 4 is 35.6 Å². The zero-order valence-electron chi connectivity index (χ0n) is 12.9. The van der Waals surface area contributed by atoms with Gasteiger partial charge in [0.15, 0.2) is 11.0 Å². The first-order chi connectivity index (χ1) is 11.1. The highest BCUT2D eigenvalue weighted by Gasteiger charge is 2.15. The summed E-state index contributed by atoms with van der Waals surface area (Å²) in [6.07, 6.45) is 0. The molecule has 2 N–H and O–H groups in total. The third kappa shape index (κ3) is 4.41. The standard InChI is InChI=1S/C16H17ClFN3O2.ClH/c17-15-4-3-14(23-15)16(22)20-10-11-1-2-13(12(18)9-11)21-7-5-19-6-8-21;/h1-4,9,19H,5-8,10H2,(H,20,22);1H. The summed E-state index contributed by atoms with van der Waals surface area (Å²) in [4.78, 5) is 13.9. The van der Waals surface area contributed by atoms with Crippen molar-refractivity contribution in [2.75, 3.05) is 31.1 Å². The first-order valence-electron chi connectivity index (χ1n) is 7.41. The van der Waals surface area contributed by atoms with Gasteiger partial charge >= 0.3 is 0 Å². The lowest BCUT2D eigenvalue weighted by atomic mass is 10.1. The Morgan fingerprint density at radius 1 is 1.29 bits per heavy atom. The topological polar surface area (TPSA) is 57.5 Å². The first kappa shape index (κ1) is 18.6. The van der Waals surface area contributed by atoms with Gasteiger partial charge in [-0.3, -0.25) is 4.79 Å². The predicted octanol–water partition coefficient (Wildman–Crippen LogP) is 2.83. The van der Waals surface area contributed by atoms with Crippen molar-refractivity contribution in [3.05, 3.63) is 52.7 Å². The van der Waals surface area contributed by atoms with Crippen LogP contribution in [0, 0.1) is 5.82 Å². The Labute approximate surface area is 150 Å². The van der Waals surface area contributed by atoms with Crippen molar-refractivity contribution in [2.24, 2.45) is 0 Å². The van der Waals surface area contributed by atoms with E-state index in [4.69, 9.17) is 16.0 Å². The van der Waals surface area contributed by atoms with Crippen LogP contribution in [0.2, 0.25) is 5.22 Å². The van der Waals surface area contributed by atoms with Crippen LogP contribution in [0.1, 0.15) is 16.1 Å². The van der Waals surface area contributed by atoms with E-state index in [1.807, 2.05) is 11.0 Å². The third-order valence-corrected chi connectivity index (χ3v) is 3.92. The highest BCUT2D eigenvalue weighted by atomic mass is 35.5. The molecular formula is C16H18Cl2FN3O2. The molecule has 1 fully saturated rings. The van der Waals surface area contributed by atoms with Crippen LogP contribution in [0.25, 0.3) is 0 Å². The van der Waals surface area contributed by atoms with Crippen molar-refractivity contribution in [3.8, 4) is 0 Å². The van der Waals surface area contributed by atoms with Crippen LogP contribution in [-0.2, 0) is 6.54 Å². The van der Waals surface area contributed by atoms with Crippen LogP contribution in [-0.4, -0.2) is 32.1 Å². The van der Waals surface area contributed by atoms with Gasteiger partial charge in [0.25, 0.3) is 5.91 Å². The fourth-order valence-corrected chi connectivity index (χ4v) is 2.67. The second-order valence-corrected chi connectivity index (χ2v) is 5.68. The number of anilines is 1. The van der Waals surface area contributed by atoms with Crippen LogP contribution in [0.5, 0.6) is 0 Å². The number of halogens is 3. The molecule has 1 aliphatic rings. The Morgan fingerprint density at radius 2 is 2.04 bits per heavy atom. The van der Waals surface area contributed by atoms with E-state index in [1.54, 1.807) is 6.07 Å². The van der Waals surface area contributed by atoms with Crippen molar-refractivity contribution in [1.29, 1.82) is 0 Å². The van der Waals surface area contributed by atoms with E-state index in [0.717, 1.165) is 26.2 Å². The summed E-state index contributed by atoms with van der Waals surface area (Å²) >= 11 is 5.63. The van der Waals surface area contributed by atoms with E-state index >= 15 is 0 Å². The van der Waals surface area contributed by atoms with E-state index in [2.05, 4.69) is 10.6 Å². The molecule has 3 rings (SSSR count). The second kappa shape index (κ2) is 8.37. The highest BCUT2D eigenvalue weighted by molar-refractivity contribution is 6.29. The van der Waals surface area contributed by atoms with Gasteiger partial charge in [0.1, 0.15) is 5.82 Å². The molecule has 0 spiro atoms. The summed E-state index contributed by atoms with van der Waals surface area (Å²) in [6.45, 7) is 3.49. The summed E-state index contributed by atoms with van der Waals surface area (Å²) in [5.74, 6) is -0.531. The van der Waals surface area contributed by atoms with Gasteiger partial charge < -0.3 is 20.0 Å². The molecule has 2 heterocycles. The maximum atomic E-state index is 14.3. The number of piperazine rings is 1. The normalized spacial score (nSPS) is 14.2. The van der Waals surface area contributed by atoms with Crippen molar-refractivity contribution < 1.29 is 13.6 Å². The number of furan rings is 1. The lowest BCUT2D eigenvalue weighted by Crippen LogP contribution is -2.43. The number of carbonyl (C=O) groups excluding carboxylic acids is 1. The monoisotopic (exact) mass is 373 g/mol. The van der Waals surface area contributed by atoms with Gasteiger partial charge in [-0.05, 0) is 41.4 Å². The summed E-state index contributed by atoms with van der Waals surface area (Å²) < 4.78 is 19.3. The quantitative estimate of drug-likeness (QED) is 0.864. The molecule has 0 unspecified atom stereocenters. The van der Waals surface area contributed by atoms with Gasteiger partial charge in [-0.25, -0.2) is 4.39 Å². The number of benzene rings is 1. The van der Waals surface area contributed by atoms with E-state index in [9.17, 15) is 9.18 Å². The van der Waals surface area contributed by atoms with Crippen LogP contribution < -0.4 is 15.5 Å². The van der Waals surface area contributed by atoms with Gasteiger partial charge in [0.2, 0.25) is 0 Å². The SMILES string of the molecule is Cl.O=C(NCc1ccc(N2CCNCC2)c(F)c1)c1ccc(Cl)o1. The van der Waals surface area contributed by atoms with Gasteiger partial charge in [-0.15, -0.1) is 12.4 Å². The lowest BCUT2D eigenvalue weighted by Gasteiger charge is -2.29. The number of amides is 1. The maximum absolute atomic E-state index is 14.3. The first-order valence-corrected chi connectivity index (χ1v) is 7.79. The van der Waals surface area contributed by atoms with Crippen LogP contribution in [0.4, 0.5) is 10.1 Å². The van der Waals surface area contributed by atoms with Crippen molar-refractivity contribution in [2.45, 2.75) is 6.54 Å². The summed E-state index contributed by atoms with van der Waals surface area (Å²) in [6, 6.07) is 8.01. The molecule has 1 amide bonds. The molecule has 24 heavy (non-hydrogen) atoms. The average molecular weight is 374 g/mol. The number of nitrogens with zero attached hydrogens (tertiary/aromatic N) is 1. The fraction of sp³-hybridized carbons (Fsp3) is 0.312. The van der Waals surface area contributed by atoms with E-state index in [-0.39, 0.29) is 41.7 Å². The van der Waals surface area contributed by atoms with Crippen LogP contribution >= 0.6 is 24.0 Å². The van der Waals surface area contributed by atoms with E-state index in [1.165, 1.54) is 18.2 Å². The number of nitrogens with one attached hydrogen (secondary N) is 2. The van der Waals surface area contributed by atoms with Crippen molar-refractivity contribution in [3.63, 3.8) is 0 Å². The molecule has 1 saturated heterocycles. The molecule has 0 saturated carbocycles. The van der Waals surface area contributed by atoms with Gasteiger partial charge in [0, 0.05) is 32.7 Å². The average Bonchev–Trinajstić information content (AvgIpc) is 3.00. The van der Waals surface area contributed by atoms with Crippen molar-refractivity contribution in [1.82, 2.24) is 10.6 Å². The minimum Gasteiger partial charge on any atom is -0.440 e. The van der Waals surface area contributed by atoms with Crippen LogP contribution in [0.3, 0.4) is 0 Å². The van der Waals surface area contributed by atoms with E-state index < -0.39 is 0 Å². The number of hydrogen-bond donors (Lipinski definition) is 2. The molecule has 0 atom stereocenters. The molecule has 0 aliphatic carbocycles. The molecule has 0 radical (unpaired) electrons. The maximum Gasteiger partial charge on any atom is 0.287 e. The fourth-order valence-electron chi connectivity index (χ4n) is 2.53. The largest absolute Gasteiger partial charge is 0.440 e. The molecular weight excluding hydrogens is 356 g/mol. The molecule has 1 aliphatic heterocycles. The molecule has 1 aromatic carbocycles. The second-order valence-electron chi connectivity index (χ2n) is 5.31. The zero-order chi connectivity index (χ0) is 16.2. The minimum atomic E-state index is -0.386. The zero-order valence-corrected chi connectivity index (χ0v) is 14.4. The third-order valence-electron chi connectivity index (χ3n) is 3.72. The minimum absolute atomic E-state index is 0. The number of rotatable bonds is 4. The Morgan fingerprint density at radius 3 is 2.67 bits per heavy atom. The Bertz CT molecular complexity index is 702. The lowest BCUT2D eigenvalue weighted by molar-refractivity contribution is 0.0923. The molecule has 0 bridgehead atoms. The summed E-state index contributed by atoms with van der Waals surface area (Å²) in [5.41, 5.74) is 1.28. The van der Waals surface area contributed by atoms with Gasteiger partial charge in [-0.1, -0.05) is 6.07 Å². The number of carbonyl (C=O) groups is 1. The molecule has 2 aromatic rings. The molecule has 5 nitrogen and oxygen atoms in total. The smallest absolute Gasteiger partial charge is 0.287 e. The van der Waals surface area contributed by atoms with Gasteiger partial charge in [-0.2, -0.15) is 0 Å². The Kier molecular flexibility index (Phi) is 6.48. The predicted molar refractivity (Wildman–Crippen MR) is 93.6 cm³/mol. The van der Waals surface area contributed by atoms with Gasteiger partial charge in [0.05, 0.1) is 5.69 Å². The molecule has 130 valence electrons. The Balaban J connectivity index is 0.00000208. The number of hydrogen-bond acceptors (Lipinski definition) is 4. The Hall–Kier alpha value is -1.76. The molecule has 1 aromatic heterocycles. The summed E-state index contributed by atoms with van der Waals surface area (Å²) in [5, 5.41) is 6.06. The highest BCUT2D eigenvalue weighted by Crippen LogP contribution is 2.21. The van der Waals surface area contributed by atoms with E-state index in [0.29, 0.717) is 11.3 Å². The van der Waals surface area contributed by atoms with Crippen LogP contribution in [0.15, 0.2) is 34.7 Å². The molecule has 8 heteroatoms. The summed E-state index contributed by atoms with van der Waals surface area (Å²) in [7, 11) is 0.